The number of carbonyl (C=O) groups is 2. The van der Waals surface area contributed by atoms with Gasteiger partial charge in [0, 0.05) is 36.8 Å². The molecule has 1 aromatic carbocycles. The van der Waals surface area contributed by atoms with Crippen molar-refractivity contribution in [3.63, 3.8) is 0 Å². The van der Waals surface area contributed by atoms with Gasteiger partial charge >= 0.3 is 0 Å². The second-order valence-corrected chi connectivity index (χ2v) is 7.91. The molecule has 1 aliphatic rings. The Morgan fingerprint density at radius 3 is 2.37 bits per heavy atom. The van der Waals surface area contributed by atoms with Gasteiger partial charge in [-0.05, 0) is 38.0 Å². The van der Waals surface area contributed by atoms with E-state index in [4.69, 9.17) is 11.6 Å². The van der Waals surface area contributed by atoms with Gasteiger partial charge in [-0.3, -0.25) is 14.5 Å². The van der Waals surface area contributed by atoms with Gasteiger partial charge in [0.2, 0.25) is 5.91 Å². The van der Waals surface area contributed by atoms with Crippen LogP contribution in [-0.2, 0) is 4.79 Å². The summed E-state index contributed by atoms with van der Waals surface area (Å²) in [6, 6.07) is 8.76. The van der Waals surface area contributed by atoms with E-state index in [0.29, 0.717) is 36.8 Å². The number of nitrogens with one attached hydrogen (secondary N) is 1. The first-order chi connectivity index (χ1) is 12.7. The third-order valence-electron chi connectivity index (χ3n) is 5.37. The molecule has 0 aromatic heterocycles. The molecule has 27 heavy (non-hydrogen) atoms. The Morgan fingerprint density at radius 2 is 1.85 bits per heavy atom. The van der Waals surface area contributed by atoms with Gasteiger partial charge in [0.05, 0.1) is 12.1 Å². The fourth-order valence-electron chi connectivity index (χ4n) is 2.94. The lowest BCUT2D eigenvalue weighted by Crippen LogP contribution is -2.58. The largest absolute Gasteiger partial charge is 0.336 e. The Hall–Kier alpha value is -2.10. The summed E-state index contributed by atoms with van der Waals surface area (Å²) < 4.78 is 0. The first kappa shape index (κ1) is 21.2. The van der Waals surface area contributed by atoms with Crippen LogP contribution in [0.5, 0.6) is 0 Å². The molecule has 1 fully saturated rings. The molecule has 0 aliphatic carbocycles. The SMILES string of the molecule is CC(C(=O)NC(C)(C#N)C(C)C)N1CCN(C(=O)c2cccc(Cl)c2)CC1. The predicted octanol–water partition coefficient (Wildman–Crippen LogP) is 2.54. The van der Waals surface area contributed by atoms with Crippen LogP contribution in [0, 0.1) is 17.2 Å². The van der Waals surface area contributed by atoms with Crippen molar-refractivity contribution in [2.24, 2.45) is 5.92 Å². The molecule has 0 spiro atoms. The number of amides is 2. The summed E-state index contributed by atoms with van der Waals surface area (Å²) in [5.74, 6) is -0.209. The molecule has 2 rings (SSSR count). The molecule has 1 aromatic rings. The van der Waals surface area contributed by atoms with Crippen LogP contribution in [0.1, 0.15) is 38.1 Å². The fourth-order valence-corrected chi connectivity index (χ4v) is 3.13. The molecule has 2 atom stereocenters. The molecule has 146 valence electrons. The van der Waals surface area contributed by atoms with Crippen LogP contribution in [0.15, 0.2) is 24.3 Å². The van der Waals surface area contributed by atoms with E-state index in [1.165, 1.54) is 0 Å². The summed E-state index contributed by atoms with van der Waals surface area (Å²) in [4.78, 5) is 29.0. The molecular weight excluding hydrogens is 364 g/mol. The molecular formula is C20H27ClN4O2. The van der Waals surface area contributed by atoms with E-state index in [-0.39, 0.29) is 23.8 Å². The van der Waals surface area contributed by atoms with Gasteiger partial charge in [-0.2, -0.15) is 5.26 Å². The third kappa shape index (κ3) is 5.00. The minimum Gasteiger partial charge on any atom is -0.336 e. The second kappa shape index (κ2) is 8.73. The average Bonchev–Trinajstić information content (AvgIpc) is 2.66. The lowest BCUT2D eigenvalue weighted by atomic mass is 9.89. The smallest absolute Gasteiger partial charge is 0.253 e. The lowest BCUT2D eigenvalue weighted by molar-refractivity contribution is -0.128. The van der Waals surface area contributed by atoms with Gasteiger partial charge < -0.3 is 10.2 Å². The van der Waals surface area contributed by atoms with Crippen LogP contribution in [-0.4, -0.2) is 59.4 Å². The van der Waals surface area contributed by atoms with Gasteiger partial charge in [0.25, 0.3) is 5.91 Å². The molecule has 1 saturated heterocycles. The van der Waals surface area contributed by atoms with E-state index in [1.54, 1.807) is 36.1 Å². The first-order valence-corrected chi connectivity index (χ1v) is 9.58. The number of rotatable bonds is 5. The fraction of sp³-hybridized carbons (Fsp3) is 0.550. The normalized spacial score (nSPS) is 18.5. The Kier molecular flexibility index (Phi) is 6.85. The second-order valence-electron chi connectivity index (χ2n) is 7.47. The number of halogens is 1. The first-order valence-electron chi connectivity index (χ1n) is 9.20. The number of nitrogens with zero attached hydrogens (tertiary/aromatic N) is 3. The van der Waals surface area contributed by atoms with E-state index < -0.39 is 5.54 Å². The van der Waals surface area contributed by atoms with E-state index in [1.807, 2.05) is 25.7 Å². The van der Waals surface area contributed by atoms with Gasteiger partial charge in [-0.1, -0.05) is 31.5 Å². The quantitative estimate of drug-likeness (QED) is 0.838. The summed E-state index contributed by atoms with van der Waals surface area (Å²) in [5.41, 5.74) is -0.320. The summed E-state index contributed by atoms with van der Waals surface area (Å²) in [6.45, 7) is 9.69. The predicted molar refractivity (Wildman–Crippen MR) is 105 cm³/mol. The molecule has 7 heteroatoms. The van der Waals surface area contributed by atoms with Crippen LogP contribution in [0.3, 0.4) is 0 Å². The molecule has 1 N–H and O–H groups in total. The van der Waals surface area contributed by atoms with Gasteiger partial charge in [-0.25, -0.2) is 0 Å². The van der Waals surface area contributed by atoms with Crippen LogP contribution in [0.2, 0.25) is 5.02 Å². The highest BCUT2D eigenvalue weighted by Crippen LogP contribution is 2.17. The number of hydrogen-bond acceptors (Lipinski definition) is 4. The highest BCUT2D eigenvalue weighted by molar-refractivity contribution is 6.30. The standard InChI is InChI=1S/C20H27ClN4O2/c1-14(2)20(4,13-22)23-18(26)15(3)24-8-10-25(11-9-24)19(27)16-6-5-7-17(21)12-16/h5-7,12,14-15H,8-11H2,1-4H3,(H,23,26). The van der Waals surface area contributed by atoms with Gasteiger partial charge in [0.1, 0.15) is 5.54 Å². The Morgan fingerprint density at radius 1 is 1.22 bits per heavy atom. The Balaban J connectivity index is 1.94. The number of hydrogen-bond donors (Lipinski definition) is 1. The van der Waals surface area contributed by atoms with Crippen molar-refractivity contribution in [2.45, 2.75) is 39.3 Å². The maximum atomic E-state index is 12.6. The highest BCUT2D eigenvalue weighted by atomic mass is 35.5. The molecule has 2 amide bonds. The van der Waals surface area contributed by atoms with Gasteiger partial charge in [-0.15, -0.1) is 0 Å². The monoisotopic (exact) mass is 390 g/mol. The van der Waals surface area contributed by atoms with Crippen LogP contribution >= 0.6 is 11.6 Å². The van der Waals surface area contributed by atoms with E-state index in [0.717, 1.165) is 0 Å². The number of benzene rings is 1. The van der Waals surface area contributed by atoms with Crippen molar-refractivity contribution in [2.75, 3.05) is 26.2 Å². The Labute approximate surface area is 166 Å². The van der Waals surface area contributed by atoms with Crippen molar-refractivity contribution in [3.8, 4) is 6.07 Å². The summed E-state index contributed by atoms with van der Waals surface area (Å²) >= 11 is 5.97. The van der Waals surface area contributed by atoms with Crippen molar-refractivity contribution in [1.82, 2.24) is 15.1 Å². The van der Waals surface area contributed by atoms with Crippen molar-refractivity contribution in [3.05, 3.63) is 34.9 Å². The van der Waals surface area contributed by atoms with E-state index >= 15 is 0 Å². The molecule has 0 saturated carbocycles. The summed E-state index contributed by atoms with van der Waals surface area (Å²) in [5, 5.41) is 12.8. The van der Waals surface area contributed by atoms with Gasteiger partial charge in [0.15, 0.2) is 0 Å². The number of nitriles is 1. The molecule has 6 nitrogen and oxygen atoms in total. The number of carbonyl (C=O) groups excluding carboxylic acids is 2. The molecule has 1 aliphatic heterocycles. The molecule has 2 unspecified atom stereocenters. The van der Waals surface area contributed by atoms with Crippen molar-refractivity contribution >= 4 is 23.4 Å². The molecule has 0 bridgehead atoms. The molecule has 1 heterocycles. The maximum absolute atomic E-state index is 12.6. The average molecular weight is 391 g/mol. The topological polar surface area (TPSA) is 76.4 Å². The zero-order valence-corrected chi connectivity index (χ0v) is 17.1. The summed E-state index contributed by atoms with van der Waals surface area (Å²) in [7, 11) is 0. The minimum absolute atomic E-state index is 0.00538. The van der Waals surface area contributed by atoms with Crippen LogP contribution in [0.25, 0.3) is 0 Å². The zero-order valence-electron chi connectivity index (χ0n) is 16.3. The van der Waals surface area contributed by atoms with Crippen LogP contribution in [0.4, 0.5) is 0 Å². The van der Waals surface area contributed by atoms with Crippen LogP contribution < -0.4 is 5.32 Å². The number of piperazine rings is 1. The highest BCUT2D eigenvalue weighted by Gasteiger charge is 2.34. The third-order valence-corrected chi connectivity index (χ3v) is 5.61. The Bertz CT molecular complexity index is 738. The van der Waals surface area contributed by atoms with Crippen molar-refractivity contribution < 1.29 is 9.59 Å². The molecule has 0 radical (unpaired) electrons. The van der Waals surface area contributed by atoms with Crippen molar-refractivity contribution in [1.29, 1.82) is 5.26 Å². The minimum atomic E-state index is -0.893. The van der Waals surface area contributed by atoms with E-state index in [2.05, 4.69) is 11.4 Å². The maximum Gasteiger partial charge on any atom is 0.253 e. The lowest BCUT2D eigenvalue weighted by Gasteiger charge is -2.38. The zero-order chi connectivity index (χ0) is 20.2. The summed E-state index contributed by atoms with van der Waals surface area (Å²) in [6.07, 6.45) is 0. The van der Waals surface area contributed by atoms with E-state index in [9.17, 15) is 14.9 Å².